The summed E-state index contributed by atoms with van der Waals surface area (Å²) in [5, 5.41) is 0. The summed E-state index contributed by atoms with van der Waals surface area (Å²) in [6.45, 7) is 2.17. The Morgan fingerprint density at radius 1 is 1.25 bits per heavy atom. The Hall–Kier alpha value is -1.62. The SMILES string of the molecule is CN1CC[C@H]2CC[C@@H](C1)N2C(=O)Cn1ccccc1=O. The molecular formula is C15H21N3O2. The minimum absolute atomic E-state index is 0.0844. The first-order chi connectivity index (χ1) is 9.65. The third-order valence-electron chi connectivity index (χ3n) is 4.48. The van der Waals surface area contributed by atoms with Crippen molar-refractivity contribution in [3.63, 3.8) is 0 Å². The van der Waals surface area contributed by atoms with E-state index in [4.69, 9.17) is 0 Å². The zero-order valence-corrected chi connectivity index (χ0v) is 11.9. The van der Waals surface area contributed by atoms with Crippen LogP contribution in [0.4, 0.5) is 0 Å². The van der Waals surface area contributed by atoms with E-state index in [-0.39, 0.29) is 18.0 Å². The Morgan fingerprint density at radius 3 is 2.85 bits per heavy atom. The van der Waals surface area contributed by atoms with Gasteiger partial charge in [0, 0.05) is 30.9 Å². The molecule has 0 unspecified atom stereocenters. The fourth-order valence-corrected chi connectivity index (χ4v) is 3.47. The molecule has 1 amide bonds. The summed E-state index contributed by atoms with van der Waals surface area (Å²) < 4.78 is 1.50. The summed E-state index contributed by atoms with van der Waals surface area (Å²) in [6.07, 6.45) is 4.92. The van der Waals surface area contributed by atoms with Gasteiger partial charge in [0.05, 0.1) is 0 Å². The molecule has 2 atom stereocenters. The van der Waals surface area contributed by atoms with Crippen molar-refractivity contribution in [2.24, 2.45) is 0 Å². The van der Waals surface area contributed by atoms with Crippen LogP contribution >= 0.6 is 0 Å². The summed E-state index contributed by atoms with van der Waals surface area (Å²) >= 11 is 0. The van der Waals surface area contributed by atoms with Crippen LogP contribution in [0.15, 0.2) is 29.2 Å². The van der Waals surface area contributed by atoms with Gasteiger partial charge >= 0.3 is 0 Å². The van der Waals surface area contributed by atoms with Crippen LogP contribution < -0.4 is 5.56 Å². The maximum Gasteiger partial charge on any atom is 0.250 e. The average Bonchev–Trinajstić information content (AvgIpc) is 2.72. The molecule has 0 N–H and O–H groups in total. The number of likely N-dealkylation sites (tertiary alicyclic amines) is 1. The highest BCUT2D eigenvalue weighted by molar-refractivity contribution is 5.77. The lowest BCUT2D eigenvalue weighted by Gasteiger charge is -2.28. The second-order valence-electron chi connectivity index (χ2n) is 5.90. The molecule has 0 radical (unpaired) electrons. The maximum absolute atomic E-state index is 12.6. The quantitative estimate of drug-likeness (QED) is 0.791. The van der Waals surface area contributed by atoms with Gasteiger partial charge in [0.1, 0.15) is 6.54 Å². The highest BCUT2D eigenvalue weighted by Crippen LogP contribution is 2.29. The second-order valence-corrected chi connectivity index (χ2v) is 5.90. The van der Waals surface area contributed by atoms with Gasteiger partial charge < -0.3 is 14.4 Å². The smallest absolute Gasteiger partial charge is 0.250 e. The van der Waals surface area contributed by atoms with Gasteiger partial charge in [0.2, 0.25) is 5.91 Å². The van der Waals surface area contributed by atoms with Crippen LogP contribution in [0.5, 0.6) is 0 Å². The van der Waals surface area contributed by atoms with Crippen molar-refractivity contribution in [3.8, 4) is 0 Å². The maximum atomic E-state index is 12.6. The summed E-state index contributed by atoms with van der Waals surface area (Å²) in [6, 6.07) is 5.67. The van der Waals surface area contributed by atoms with Crippen molar-refractivity contribution in [1.82, 2.24) is 14.4 Å². The summed E-state index contributed by atoms with van der Waals surface area (Å²) in [5.74, 6) is 0.0844. The Morgan fingerprint density at radius 2 is 2.05 bits per heavy atom. The predicted molar refractivity (Wildman–Crippen MR) is 76.5 cm³/mol. The van der Waals surface area contributed by atoms with E-state index in [0.29, 0.717) is 12.1 Å². The zero-order valence-electron chi connectivity index (χ0n) is 11.9. The van der Waals surface area contributed by atoms with Crippen molar-refractivity contribution in [2.45, 2.75) is 37.9 Å². The molecule has 0 spiro atoms. The Bertz CT molecular complexity index is 554. The number of amides is 1. The van der Waals surface area contributed by atoms with Gasteiger partial charge in [0.25, 0.3) is 5.56 Å². The molecule has 108 valence electrons. The topological polar surface area (TPSA) is 45.5 Å². The molecule has 3 rings (SSSR count). The molecule has 5 nitrogen and oxygen atoms in total. The number of hydrogen-bond donors (Lipinski definition) is 0. The van der Waals surface area contributed by atoms with Crippen LogP contribution in [0.3, 0.4) is 0 Å². The summed E-state index contributed by atoms with van der Waals surface area (Å²) in [7, 11) is 2.12. The van der Waals surface area contributed by atoms with Crippen LogP contribution in [-0.4, -0.2) is 52.5 Å². The Kier molecular flexibility index (Phi) is 3.61. The predicted octanol–water partition coefficient (Wildman–Crippen LogP) is 0.543. The Balaban J connectivity index is 1.77. The molecule has 0 aliphatic carbocycles. The van der Waals surface area contributed by atoms with E-state index < -0.39 is 0 Å². The minimum Gasteiger partial charge on any atom is -0.334 e. The van der Waals surface area contributed by atoms with Gasteiger partial charge in [-0.25, -0.2) is 0 Å². The van der Waals surface area contributed by atoms with E-state index in [2.05, 4.69) is 11.9 Å². The van der Waals surface area contributed by atoms with E-state index >= 15 is 0 Å². The number of carbonyl (C=O) groups is 1. The van der Waals surface area contributed by atoms with Crippen molar-refractivity contribution in [3.05, 3.63) is 34.7 Å². The number of nitrogens with zero attached hydrogens (tertiary/aromatic N) is 3. The highest BCUT2D eigenvalue weighted by atomic mass is 16.2. The monoisotopic (exact) mass is 275 g/mol. The van der Waals surface area contributed by atoms with E-state index in [0.717, 1.165) is 32.4 Å². The third kappa shape index (κ3) is 2.50. The number of likely N-dealkylation sites (N-methyl/N-ethyl adjacent to an activating group) is 1. The molecule has 3 heterocycles. The van der Waals surface area contributed by atoms with Crippen molar-refractivity contribution < 1.29 is 4.79 Å². The number of hydrogen-bond acceptors (Lipinski definition) is 3. The van der Waals surface area contributed by atoms with Crippen LogP contribution in [0, 0.1) is 0 Å². The summed E-state index contributed by atoms with van der Waals surface area (Å²) in [4.78, 5) is 28.7. The fourth-order valence-electron chi connectivity index (χ4n) is 3.47. The molecule has 2 bridgehead atoms. The molecule has 2 aliphatic heterocycles. The van der Waals surface area contributed by atoms with E-state index in [1.54, 1.807) is 18.3 Å². The second kappa shape index (κ2) is 5.40. The number of pyridine rings is 1. The molecule has 1 aromatic heterocycles. The molecule has 5 heteroatoms. The highest BCUT2D eigenvalue weighted by Gasteiger charge is 2.39. The van der Waals surface area contributed by atoms with Gasteiger partial charge in [-0.2, -0.15) is 0 Å². The molecular weight excluding hydrogens is 254 g/mol. The number of fused-ring (bicyclic) bond motifs is 2. The molecule has 20 heavy (non-hydrogen) atoms. The number of aromatic nitrogens is 1. The van der Waals surface area contributed by atoms with E-state index in [1.165, 1.54) is 10.6 Å². The molecule has 0 aromatic carbocycles. The molecule has 2 saturated heterocycles. The van der Waals surface area contributed by atoms with E-state index in [9.17, 15) is 9.59 Å². The van der Waals surface area contributed by atoms with E-state index in [1.807, 2.05) is 4.90 Å². The molecule has 1 aromatic rings. The van der Waals surface area contributed by atoms with Gasteiger partial charge in [-0.1, -0.05) is 6.07 Å². The van der Waals surface area contributed by atoms with Gasteiger partial charge in [-0.05, 0) is 38.9 Å². The normalized spacial score (nSPS) is 26.6. The first-order valence-corrected chi connectivity index (χ1v) is 7.30. The number of carbonyl (C=O) groups excluding carboxylic acids is 1. The standard InChI is InChI=1S/C15H21N3O2/c1-16-9-7-12-5-6-13(10-16)18(12)15(20)11-17-8-3-2-4-14(17)19/h2-4,8,12-13H,5-7,9-11H2,1H3/t12-,13+/m1/s1. The first-order valence-electron chi connectivity index (χ1n) is 7.30. The lowest BCUT2D eigenvalue weighted by molar-refractivity contribution is -0.134. The van der Waals surface area contributed by atoms with Gasteiger partial charge in [0.15, 0.2) is 0 Å². The molecule has 0 saturated carbocycles. The van der Waals surface area contributed by atoms with Crippen LogP contribution in [0.2, 0.25) is 0 Å². The molecule has 2 fully saturated rings. The minimum atomic E-state index is -0.111. The van der Waals surface area contributed by atoms with Gasteiger partial charge in [-0.3, -0.25) is 9.59 Å². The third-order valence-corrected chi connectivity index (χ3v) is 4.48. The summed E-state index contributed by atoms with van der Waals surface area (Å²) in [5.41, 5.74) is -0.111. The zero-order chi connectivity index (χ0) is 14.1. The largest absolute Gasteiger partial charge is 0.334 e. The van der Waals surface area contributed by atoms with Crippen molar-refractivity contribution in [1.29, 1.82) is 0 Å². The molecule has 2 aliphatic rings. The van der Waals surface area contributed by atoms with Crippen molar-refractivity contribution >= 4 is 5.91 Å². The lowest BCUT2D eigenvalue weighted by atomic mass is 10.1. The number of rotatable bonds is 2. The Labute approximate surface area is 118 Å². The van der Waals surface area contributed by atoms with Crippen LogP contribution in [0.25, 0.3) is 0 Å². The van der Waals surface area contributed by atoms with Gasteiger partial charge in [-0.15, -0.1) is 0 Å². The first kappa shape index (κ1) is 13.4. The fraction of sp³-hybridized carbons (Fsp3) is 0.600. The van der Waals surface area contributed by atoms with Crippen LogP contribution in [0.1, 0.15) is 19.3 Å². The lowest BCUT2D eigenvalue weighted by Crippen LogP contribution is -2.45. The van der Waals surface area contributed by atoms with Crippen LogP contribution in [-0.2, 0) is 11.3 Å². The van der Waals surface area contributed by atoms with Crippen molar-refractivity contribution in [2.75, 3.05) is 20.1 Å². The average molecular weight is 275 g/mol.